The van der Waals surface area contributed by atoms with Crippen molar-refractivity contribution in [2.75, 3.05) is 5.75 Å². The van der Waals surface area contributed by atoms with E-state index < -0.39 is 18.0 Å². The second-order valence-electron chi connectivity index (χ2n) is 4.03. The van der Waals surface area contributed by atoms with Crippen LogP contribution in [0.5, 0.6) is 0 Å². The summed E-state index contributed by atoms with van der Waals surface area (Å²) in [4.78, 5) is 21.5. The van der Waals surface area contributed by atoms with Gasteiger partial charge in [-0.25, -0.2) is 4.39 Å². The zero-order valence-corrected chi connectivity index (χ0v) is 11.2. The van der Waals surface area contributed by atoms with Crippen LogP contribution in [0.2, 0.25) is 0 Å². The molecule has 104 valence electrons. The van der Waals surface area contributed by atoms with Gasteiger partial charge in [-0.2, -0.15) is 0 Å². The van der Waals surface area contributed by atoms with E-state index >= 15 is 0 Å². The first-order valence-electron chi connectivity index (χ1n) is 5.69. The molecule has 0 saturated heterocycles. The molecule has 6 heteroatoms. The highest BCUT2D eigenvalue weighted by molar-refractivity contribution is 8.13. The molecule has 0 radical (unpaired) electrons. The van der Waals surface area contributed by atoms with Crippen molar-refractivity contribution < 1.29 is 24.2 Å². The van der Waals surface area contributed by atoms with Crippen molar-refractivity contribution in [1.82, 2.24) is 0 Å². The highest BCUT2D eigenvalue weighted by Crippen LogP contribution is 2.24. The Hall–Kier alpha value is -1.24. The minimum atomic E-state index is -1.36. The van der Waals surface area contributed by atoms with Gasteiger partial charge < -0.3 is 10.2 Å². The molecule has 0 fully saturated rings. The summed E-state index contributed by atoms with van der Waals surface area (Å²) in [5, 5.41) is 19.6. The fraction of sp³-hybridized carbons (Fsp3) is 0.385. The highest BCUT2D eigenvalue weighted by Gasteiger charge is 2.21. The molecular formula is C13H15FO4S. The second kappa shape index (κ2) is 7.37. The molecule has 0 amide bonds. The molecular weight excluding hydrogens is 271 g/mol. The number of aliphatic hydroxyl groups is 2. The van der Waals surface area contributed by atoms with Crippen molar-refractivity contribution in [3.63, 3.8) is 0 Å². The molecule has 0 aliphatic carbocycles. The number of aldehydes is 1. The predicted molar refractivity (Wildman–Crippen MR) is 70.5 cm³/mol. The predicted octanol–water partition coefficient (Wildman–Crippen LogP) is 1.70. The molecule has 0 aliphatic heterocycles. The summed E-state index contributed by atoms with van der Waals surface area (Å²) < 4.78 is 13.1. The monoisotopic (exact) mass is 286 g/mol. The van der Waals surface area contributed by atoms with Crippen LogP contribution < -0.4 is 0 Å². The summed E-state index contributed by atoms with van der Waals surface area (Å²) in [6.07, 6.45) is -1.86. The minimum Gasteiger partial charge on any atom is -0.390 e. The first-order chi connectivity index (χ1) is 8.95. The summed E-state index contributed by atoms with van der Waals surface area (Å²) in [5.74, 6) is -0.246. The van der Waals surface area contributed by atoms with Crippen LogP contribution in [0.3, 0.4) is 0 Å². The van der Waals surface area contributed by atoms with E-state index in [1.54, 1.807) is 0 Å². The van der Waals surface area contributed by atoms with Gasteiger partial charge in [0.15, 0.2) is 5.12 Å². The van der Waals surface area contributed by atoms with Gasteiger partial charge in [0.1, 0.15) is 18.2 Å². The lowest BCUT2D eigenvalue weighted by atomic mass is 9.98. The van der Waals surface area contributed by atoms with Crippen molar-refractivity contribution in [1.29, 1.82) is 0 Å². The first kappa shape index (κ1) is 15.8. The van der Waals surface area contributed by atoms with Gasteiger partial charge >= 0.3 is 0 Å². The molecule has 1 rings (SSSR count). The standard InChI is InChI=1S/C13H15FO4S/c1-8(16)19-5-4-12(17)13(18)11-6-10(14)3-2-9(11)7-15/h2-3,6-7,12-13,17-18H,4-5H2,1H3. The summed E-state index contributed by atoms with van der Waals surface area (Å²) in [7, 11) is 0. The van der Waals surface area contributed by atoms with Gasteiger partial charge in [0.25, 0.3) is 0 Å². The summed E-state index contributed by atoms with van der Waals surface area (Å²) in [6, 6.07) is 3.38. The fourth-order valence-electron chi connectivity index (χ4n) is 1.60. The number of hydrogen-bond donors (Lipinski definition) is 2. The lowest BCUT2D eigenvalue weighted by molar-refractivity contribution is -0.109. The number of thioether (sulfide) groups is 1. The maximum absolute atomic E-state index is 13.1. The smallest absolute Gasteiger partial charge is 0.185 e. The Morgan fingerprint density at radius 1 is 1.47 bits per heavy atom. The quantitative estimate of drug-likeness (QED) is 0.779. The van der Waals surface area contributed by atoms with Crippen LogP contribution in [0.1, 0.15) is 35.4 Å². The number of halogens is 1. The maximum atomic E-state index is 13.1. The van der Waals surface area contributed by atoms with E-state index in [2.05, 4.69) is 0 Å². The van der Waals surface area contributed by atoms with Crippen molar-refractivity contribution in [2.45, 2.75) is 25.6 Å². The van der Waals surface area contributed by atoms with E-state index in [4.69, 9.17) is 0 Å². The van der Waals surface area contributed by atoms with Gasteiger partial charge in [0, 0.05) is 18.2 Å². The van der Waals surface area contributed by atoms with Crippen molar-refractivity contribution in [2.24, 2.45) is 0 Å². The average molecular weight is 286 g/mol. The molecule has 0 spiro atoms. The summed E-state index contributed by atoms with van der Waals surface area (Å²) in [5.41, 5.74) is 0.183. The van der Waals surface area contributed by atoms with Crippen LogP contribution in [0, 0.1) is 5.82 Å². The van der Waals surface area contributed by atoms with Gasteiger partial charge in [-0.1, -0.05) is 11.8 Å². The van der Waals surface area contributed by atoms with Crippen LogP contribution in [0.15, 0.2) is 18.2 Å². The molecule has 0 bridgehead atoms. The fourth-order valence-corrected chi connectivity index (χ4v) is 2.24. The van der Waals surface area contributed by atoms with Crippen molar-refractivity contribution >= 4 is 23.2 Å². The summed E-state index contributed by atoms with van der Waals surface area (Å²) >= 11 is 1.03. The number of carbonyl (C=O) groups is 2. The Bertz CT molecular complexity index is 464. The van der Waals surface area contributed by atoms with Crippen LogP contribution in [-0.4, -0.2) is 33.5 Å². The third-order valence-corrected chi connectivity index (χ3v) is 3.42. The molecule has 0 aromatic heterocycles. The van der Waals surface area contributed by atoms with E-state index in [9.17, 15) is 24.2 Å². The Morgan fingerprint density at radius 3 is 2.74 bits per heavy atom. The maximum Gasteiger partial charge on any atom is 0.185 e. The first-order valence-corrected chi connectivity index (χ1v) is 6.68. The van der Waals surface area contributed by atoms with E-state index in [1.807, 2.05) is 0 Å². The van der Waals surface area contributed by atoms with Gasteiger partial charge in [-0.3, -0.25) is 9.59 Å². The molecule has 2 unspecified atom stereocenters. The molecule has 1 aromatic carbocycles. The van der Waals surface area contributed by atoms with Crippen molar-refractivity contribution in [3.05, 3.63) is 35.1 Å². The zero-order chi connectivity index (χ0) is 14.4. The van der Waals surface area contributed by atoms with Crippen LogP contribution in [0.4, 0.5) is 4.39 Å². The Morgan fingerprint density at radius 2 is 2.16 bits per heavy atom. The third kappa shape index (κ3) is 4.74. The van der Waals surface area contributed by atoms with Crippen LogP contribution in [-0.2, 0) is 4.79 Å². The van der Waals surface area contributed by atoms with Crippen molar-refractivity contribution in [3.8, 4) is 0 Å². The van der Waals surface area contributed by atoms with E-state index in [0.717, 1.165) is 23.9 Å². The molecule has 0 aliphatic rings. The molecule has 2 atom stereocenters. The molecule has 2 N–H and O–H groups in total. The highest BCUT2D eigenvalue weighted by atomic mass is 32.2. The van der Waals surface area contributed by atoms with Gasteiger partial charge in [0.05, 0.1) is 6.10 Å². The van der Waals surface area contributed by atoms with E-state index in [0.29, 0.717) is 12.0 Å². The van der Waals surface area contributed by atoms with E-state index in [-0.39, 0.29) is 22.7 Å². The normalized spacial score (nSPS) is 13.9. The topological polar surface area (TPSA) is 74.6 Å². The Labute approximate surface area is 114 Å². The lowest BCUT2D eigenvalue weighted by Crippen LogP contribution is -2.20. The molecule has 4 nitrogen and oxygen atoms in total. The zero-order valence-electron chi connectivity index (χ0n) is 10.4. The van der Waals surface area contributed by atoms with Gasteiger partial charge in [0.2, 0.25) is 0 Å². The second-order valence-corrected chi connectivity index (χ2v) is 5.30. The van der Waals surface area contributed by atoms with Gasteiger partial charge in [-0.15, -0.1) is 0 Å². The lowest BCUT2D eigenvalue weighted by Gasteiger charge is -2.19. The Kier molecular flexibility index (Phi) is 6.14. The minimum absolute atomic E-state index is 0.0512. The molecule has 0 heterocycles. The average Bonchev–Trinajstić information content (AvgIpc) is 2.37. The number of benzene rings is 1. The summed E-state index contributed by atoms with van der Waals surface area (Å²) in [6.45, 7) is 1.41. The van der Waals surface area contributed by atoms with Gasteiger partial charge in [-0.05, 0) is 30.2 Å². The van der Waals surface area contributed by atoms with Crippen LogP contribution >= 0.6 is 11.8 Å². The molecule has 19 heavy (non-hydrogen) atoms. The number of hydrogen-bond acceptors (Lipinski definition) is 5. The molecule has 0 saturated carbocycles. The molecule has 1 aromatic rings. The van der Waals surface area contributed by atoms with Crippen LogP contribution in [0.25, 0.3) is 0 Å². The number of rotatable bonds is 6. The number of aliphatic hydroxyl groups excluding tert-OH is 2. The Balaban J connectivity index is 2.75. The number of carbonyl (C=O) groups excluding carboxylic acids is 2. The van der Waals surface area contributed by atoms with E-state index in [1.165, 1.54) is 13.0 Å². The SMILES string of the molecule is CC(=O)SCCC(O)C(O)c1cc(F)ccc1C=O. The third-order valence-electron chi connectivity index (χ3n) is 2.58. The largest absolute Gasteiger partial charge is 0.390 e.